The first kappa shape index (κ1) is 19.9. The molecule has 0 atom stereocenters. The van der Waals surface area contributed by atoms with Crippen LogP contribution in [0.15, 0.2) is 59.5 Å². The maximum atomic E-state index is 12.4. The van der Waals surface area contributed by atoms with Gasteiger partial charge >= 0.3 is 0 Å². The van der Waals surface area contributed by atoms with Gasteiger partial charge in [-0.3, -0.25) is 0 Å². The normalized spacial score (nSPS) is 16.3. The second-order valence-electron chi connectivity index (χ2n) is 7.02. The van der Waals surface area contributed by atoms with Gasteiger partial charge in [-0.1, -0.05) is 36.4 Å². The van der Waals surface area contributed by atoms with Crippen molar-refractivity contribution in [1.82, 2.24) is 9.62 Å². The van der Waals surface area contributed by atoms with Crippen molar-refractivity contribution in [2.75, 3.05) is 26.2 Å². The Morgan fingerprint density at radius 2 is 1.70 bits per heavy atom. The highest BCUT2D eigenvalue weighted by Crippen LogP contribution is 2.17. The summed E-state index contributed by atoms with van der Waals surface area (Å²) in [5.74, 6) is 0.950. The number of ether oxygens (including phenoxy) is 1. The average Bonchev–Trinajstić information content (AvgIpc) is 2.68. The summed E-state index contributed by atoms with van der Waals surface area (Å²) in [4.78, 5) is 2.72. The van der Waals surface area contributed by atoms with Gasteiger partial charge in [-0.15, -0.1) is 0 Å². The summed E-state index contributed by atoms with van der Waals surface area (Å²) < 4.78 is 33.5. The largest absolute Gasteiger partial charge is 0.493 e. The first-order valence-electron chi connectivity index (χ1n) is 9.53. The molecule has 0 aliphatic carbocycles. The number of nitrogens with zero attached hydrogens (tertiary/aromatic N) is 1. The van der Waals surface area contributed by atoms with Gasteiger partial charge in [-0.05, 0) is 63.0 Å². The summed E-state index contributed by atoms with van der Waals surface area (Å²) in [6.07, 6.45) is 2.64. The van der Waals surface area contributed by atoms with Crippen molar-refractivity contribution in [3.8, 4) is 5.75 Å². The number of hydrogen-bond donors (Lipinski definition) is 1. The van der Waals surface area contributed by atoms with Gasteiger partial charge in [0.15, 0.2) is 0 Å². The zero-order valence-corrected chi connectivity index (χ0v) is 16.6. The Hall–Kier alpha value is -1.89. The first-order valence-corrected chi connectivity index (χ1v) is 11.0. The van der Waals surface area contributed by atoms with Crippen molar-refractivity contribution in [2.24, 2.45) is 0 Å². The number of nitrogens with one attached hydrogen (secondary N) is 1. The average molecular weight is 389 g/mol. The number of piperidine rings is 1. The Balaban J connectivity index is 1.37. The summed E-state index contributed by atoms with van der Waals surface area (Å²) in [6, 6.07) is 16.6. The minimum Gasteiger partial charge on any atom is -0.493 e. The molecule has 0 bridgehead atoms. The molecule has 0 radical (unpaired) electrons. The molecule has 1 N–H and O–H groups in total. The van der Waals surface area contributed by atoms with Gasteiger partial charge in [-0.25, -0.2) is 13.1 Å². The topological polar surface area (TPSA) is 58.6 Å². The van der Waals surface area contributed by atoms with Crippen molar-refractivity contribution < 1.29 is 13.2 Å². The third-order valence-corrected chi connectivity index (χ3v) is 6.47. The van der Waals surface area contributed by atoms with Crippen LogP contribution in [0.3, 0.4) is 0 Å². The molecule has 0 saturated carbocycles. The smallest absolute Gasteiger partial charge is 0.240 e. The van der Waals surface area contributed by atoms with Crippen LogP contribution in [0.5, 0.6) is 5.75 Å². The van der Waals surface area contributed by atoms with Crippen LogP contribution >= 0.6 is 0 Å². The Kier molecular flexibility index (Phi) is 6.88. The fourth-order valence-electron chi connectivity index (χ4n) is 3.35. The van der Waals surface area contributed by atoms with Gasteiger partial charge in [0.2, 0.25) is 10.0 Å². The van der Waals surface area contributed by atoms with E-state index in [9.17, 15) is 8.42 Å². The van der Waals surface area contributed by atoms with E-state index < -0.39 is 10.0 Å². The van der Waals surface area contributed by atoms with E-state index in [0.29, 0.717) is 11.5 Å². The molecule has 146 valence electrons. The number of benzene rings is 2. The molecule has 0 amide bonds. The Labute approximate surface area is 162 Å². The predicted molar refractivity (Wildman–Crippen MR) is 108 cm³/mol. The Bertz CT molecular complexity index is 816. The van der Waals surface area contributed by atoms with E-state index in [1.54, 1.807) is 24.3 Å². The maximum Gasteiger partial charge on any atom is 0.240 e. The fraction of sp³-hybridized carbons (Fsp3) is 0.429. The van der Waals surface area contributed by atoms with Crippen molar-refractivity contribution >= 4 is 10.0 Å². The SMILES string of the molecule is Cc1ccccc1OCCCN1CCC(NS(=O)(=O)c2ccccc2)CC1. The molecule has 1 saturated heterocycles. The minimum absolute atomic E-state index is 0.00896. The molecule has 5 nitrogen and oxygen atoms in total. The highest BCUT2D eigenvalue weighted by molar-refractivity contribution is 7.89. The molecule has 2 aromatic carbocycles. The molecule has 1 heterocycles. The monoisotopic (exact) mass is 388 g/mol. The molecule has 1 aliphatic heterocycles. The summed E-state index contributed by atoms with van der Waals surface area (Å²) in [6.45, 7) is 5.55. The highest BCUT2D eigenvalue weighted by Gasteiger charge is 2.24. The number of sulfonamides is 1. The van der Waals surface area contributed by atoms with Crippen LogP contribution in [0.4, 0.5) is 0 Å². The fourth-order valence-corrected chi connectivity index (χ4v) is 4.68. The van der Waals surface area contributed by atoms with E-state index in [1.165, 1.54) is 0 Å². The van der Waals surface area contributed by atoms with E-state index in [2.05, 4.69) is 22.6 Å². The number of aryl methyl sites for hydroxylation is 1. The zero-order valence-electron chi connectivity index (χ0n) is 15.8. The third kappa shape index (κ3) is 5.79. The van der Waals surface area contributed by atoms with Gasteiger partial charge in [0.25, 0.3) is 0 Å². The lowest BCUT2D eigenvalue weighted by molar-refractivity contribution is 0.189. The van der Waals surface area contributed by atoms with Crippen LogP contribution in [-0.4, -0.2) is 45.6 Å². The van der Waals surface area contributed by atoms with Gasteiger partial charge < -0.3 is 9.64 Å². The van der Waals surface area contributed by atoms with E-state index in [-0.39, 0.29) is 6.04 Å². The van der Waals surface area contributed by atoms with Crippen molar-refractivity contribution in [3.05, 3.63) is 60.2 Å². The van der Waals surface area contributed by atoms with Gasteiger partial charge in [0.1, 0.15) is 5.75 Å². The van der Waals surface area contributed by atoms with Gasteiger partial charge in [-0.2, -0.15) is 0 Å². The second-order valence-corrected chi connectivity index (χ2v) is 8.73. The van der Waals surface area contributed by atoms with Crippen LogP contribution in [0.2, 0.25) is 0 Å². The van der Waals surface area contributed by atoms with Crippen molar-refractivity contribution in [1.29, 1.82) is 0 Å². The standard InChI is InChI=1S/C21H28N2O3S/c1-18-8-5-6-11-21(18)26-17-7-14-23-15-12-19(13-16-23)22-27(24,25)20-9-3-2-4-10-20/h2-6,8-11,19,22H,7,12-17H2,1H3. The van der Waals surface area contributed by atoms with E-state index in [0.717, 1.165) is 50.2 Å². The maximum absolute atomic E-state index is 12.4. The molecule has 3 rings (SSSR count). The van der Waals surface area contributed by atoms with Crippen molar-refractivity contribution in [3.63, 3.8) is 0 Å². The lowest BCUT2D eigenvalue weighted by Crippen LogP contribution is -2.44. The number of para-hydroxylation sites is 1. The summed E-state index contributed by atoms with van der Waals surface area (Å²) in [7, 11) is -3.42. The van der Waals surface area contributed by atoms with E-state index in [4.69, 9.17) is 4.74 Å². The minimum atomic E-state index is -3.42. The van der Waals surface area contributed by atoms with Gasteiger partial charge in [0, 0.05) is 12.6 Å². The summed E-state index contributed by atoms with van der Waals surface area (Å²) >= 11 is 0. The molecule has 2 aromatic rings. The Morgan fingerprint density at radius 1 is 1.04 bits per heavy atom. The Morgan fingerprint density at radius 3 is 2.41 bits per heavy atom. The third-order valence-electron chi connectivity index (χ3n) is 4.93. The van der Waals surface area contributed by atoms with Crippen LogP contribution in [0, 0.1) is 6.92 Å². The molecule has 0 aromatic heterocycles. The molecule has 0 unspecified atom stereocenters. The molecule has 1 aliphatic rings. The van der Waals surface area contributed by atoms with Crippen LogP contribution in [0.1, 0.15) is 24.8 Å². The summed E-state index contributed by atoms with van der Waals surface area (Å²) in [5.41, 5.74) is 1.16. The molecule has 27 heavy (non-hydrogen) atoms. The second kappa shape index (κ2) is 9.35. The lowest BCUT2D eigenvalue weighted by atomic mass is 10.1. The molecular formula is C21H28N2O3S. The van der Waals surface area contributed by atoms with E-state index >= 15 is 0 Å². The van der Waals surface area contributed by atoms with Crippen LogP contribution in [0.25, 0.3) is 0 Å². The zero-order chi connectivity index (χ0) is 19.1. The van der Waals surface area contributed by atoms with Crippen molar-refractivity contribution in [2.45, 2.75) is 37.1 Å². The van der Waals surface area contributed by atoms with Crippen LogP contribution < -0.4 is 9.46 Å². The lowest BCUT2D eigenvalue weighted by Gasteiger charge is -2.32. The molecule has 1 fully saturated rings. The first-order chi connectivity index (χ1) is 13.0. The quantitative estimate of drug-likeness (QED) is 0.706. The van der Waals surface area contributed by atoms with E-state index in [1.807, 2.05) is 24.3 Å². The highest BCUT2D eigenvalue weighted by atomic mass is 32.2. The van der Waals surface area contributed by atoms with Crippen LogP contribution in [-0.2, 0) is 10.0 Å². The molecule has 0 spiro atoms. The summed E-state index contributed by atoms with van der Waals surface area (Å²) in [5, 5.41) is 0. The number of hydrogen-bond acceptors (Lipinski definition) is 4. The molecule has 6 heteroatoms. The molecular weight excluding hydrogens is 360 g/mol. The van der Waals surface area contributed by atoms with Gasteiger partial charge in [0.05, 0.1) is 11.5 Å². The predicted octanol–water partition coefficient (Wildman–Crippen LogP) is 3.21. The number of likely N-dealkylation sites (tertiary alicyclic amines) is 1. The number of rotatable bonds is 8.